The summed E-state index contributed by atoms with van der Waals surface area (Å²) in [4.78, 5) is 11.9. The fourth-order valence-corrected chi connectivity index (χ4v) is 1.62. The van der Waals surface area contributed by atoms with Crippen molar-refractivity contribution in [1.82, 2.24) is 10.6 Å². The number of hydrogen-bond acceptors (Lipinski definition) is 3. The molecule has 2 atom stereocenters. The fraction of sp³-hybridized carbons (Fsp3) is 0.909. The van der Waals surface area contributed by atoms with Crippen LogP contribution in [0.5, 0.6) is 0 Å². The molecular weight excluding hydrogens is 192 g/mol. The highest BCUT2D eigenvalue weighted by Gasteiger charge is 2.36. The Bertz CT molecular complexity index is 233. The zero-order chi connectivity index (χ0) is 11.5. The lowest BCUT2D eigenvalue weighted by molar-refractivity contribution is -0.130. The molecule has 1 heterocycles. The minimum absolute atomic E-state index is 0.0428. The van der Waals surface area contributed by atoms with Crippen LogP contribution < -0.4 is 10.6 Å². The van der Waals surface area contributed by atoms with E-state index in [0.717, 1.165) is 19.5 Å². The van der Waals surface area contributed by atoms with Crippen molar-refractivity contribution in [3.8, 4) is 0 Å². The molecule has 1 aliphatic rings. The van der Waals surface area contributed by atoms with E-state index in [1.54, 1.807) is 6.92 Å². The molecule has 1 fully saturated rings. The van der Waals surface area contributed by atoms with E-state index in [4.69, 9.17) is 0 Å². The van der Waals surface area contributed by atoms with Gasteiger partial charge in [-0.25, -0.2) is 0 Å². The van der Waals surface area contributed by atoms with Crippen molar-refractivity contribution in [2.24, 2.45) is 5.41 Å². The van der Waals surface area contributed by atoms with Crippen LogP contribution in [0.2, 0.25) is 0 Å². The highest BCUT2D eigenvalue weighted by Crippen LogP contribution is 2.24. The number of carbonyl (C=O) groups is 1. The van der Waals surface area contributed by atoms with Gasteiger partial charge in [-0.1, -0.05) is 6.92 Å². The molecule has 0 radical (unpaired) electrons. The van der Waals surface area contributed by atoms with E-state index >= 15 is 0 Å². The molecule has 1 aliphatic heterocycles. The van der Waals surface area contributed by atoms with Gasteiger partial charge in [0.2, 0.25) is 5.91 Å². The van der Waals surface area contributed by atoms with Gasteiger partial charge in [0.15, 0.2) is 0 Å². The van der Waals surface area contributed by atoms with Crippen LogP contribution >= 0.6 is 0 Å². The Morgan fingerprint density at radius 1 is 1.67 bits per heavy atom. The predicted octanol–water partition coefficient (Wildman–Crippen LogP) is 0.263. The van der Waals surface area contributed by atoms with Crippen molar-refractivity contribution in [1.29, 1.82) is 0 Å². The molecule has 0 bridgehead atoms. The normalized spacial score (nSPS) is 29.9. The minimum Gasteiger partial charge on any atom is -0.388 e. The second kappa shape index (κ2) is 4.49. The third-order valence-electron chi connectivity index (χ3n) is 3.31. The first-order valence-electron chi connectivity index (χ1n) is 5.61. The molecule has 0 spiro atoms. The molecule has 2 unspecified atom stereocenters. The summed E-state index contributed by atoms with van der Waals surface area (Å²) >= 11 is 0. The van der Waals surface area contributed by atoms with Crippen LogP contribution in [-0.4, -0.2) is 36.2 Å². The van der Waals surface area contributed by atoms with Gasteiger partial charge >= 0.3 is 0 Å². The van der Waals surface area contributed by atoms with E-state index in [1.807, 2.05) is 13.8 Å². The molecule has 15 heavy (non-hydrogen) atoms. The monoisotopic (exact) mass is 214 g/mol. The quantitative estimate of drug-likeness (QED) is 0.629. The second-order valence-corrected chi connectivity index (χ2v) is 5.02. The lowest BCUT2D eigenvalue weighted by atomic mass is 9.88. The van der Waals surface area contributed by atoms with Crippen LogP contribution in [0.25, 0.3) is 0 Å². The largest absolute Gasteiger partial charge is 0.388 e. The number of aliphatic hydroxyl groups is 1. The van der Waals surface area contributed by atoms with Crippen molar-refractivity contribution in [3.05, 3.63) is 0 Å². The SMILES string of the molecule is CCC(C)(O)CNC(=O)C1(C)CCNC1. The van der Waals surface area contributed by atoms with Crippen LogP contribution in [0.15, 0.2) is 0 Å². The van der Waals surface area contributed by atoms with Gasteiger partial charge < -0.3 is 15.7 Å². The molecule has 1 amide bonds. The van der Waals surface area contributed by atoms with E-state index < -0.39 is 5.60 Å². The summed E-state index contributed by atoms with van der Waals surface area (Å²) in [6, 6.07) is 0. The Labute approximate surface area is 91.4 Å². The van der Waals surface area contributed by atoms with Crippen LogP contribution in [-0.2, 0) is 4.79 Å². The number of hydrogen-bond donors (Lipinski definition) is 3. The maximum atomic E-state index is 11.9. The molecule has 88 valence electrons. The van der Waals surface area contributed by atoms with Crippen LogP contribution in [0, 0.1) is 5.41 Å². The van der Waals surface area contributed by atoms with E-state index in [-0.39, 0.29) is 11.3 Å². The van der Waals surface area contributed by atoms with Gasteiger partial charge in [-0.05, 0) is 33.2 Å². The Morgan fingerprint density at radius 3 is 2.80 bits per heavy atom. The van der Waals surface area contributed by atoms with E-state index in [2.05, 4.69) is 10.6 Å². The van der Waals surface area contributed by atoms with Gasteiger partial charge in [0.05, 0.1) is 11.0 Å². The lowest BCUT2D eigenvalue weighted by Crippen LogP contribution is -2.46. The first kappa shape index (κ1) is 12.5. The van der Waals surface area contributed by atoms with Gasteiger partial charge in [0.25, 0.3) is 0 Å². The number of nitrogens with one attached hydrogen (secondary N) is 2. The van der Waals surface area contributed by atoms with Crippen molar-refractivity contribution < 1.29 is 9.90 Å². The van der Waals surface area contributed by atoms with Gasteiger partial charge in [0.1, 0.15) is 0 Å². The molecule has 4 nitrogen and oxygen atoms in total. The predicted molar refractivity (Wildman–Crippen MR) is 59.5 cm³/mol. The van der Waals surface area contributed by atoms with E-state index in [9.17, 15) is 9.90 Å². The molecule has 0 aromatic rings. The summed E-state index contributed by atoms with van der Waals surface area (Å²) in [6.45, 7) is 7.57. The summed E-state index contributed by atoms with van der Waals surface area (Å²) in [5.74, 6) is 0.0428. The second-order valence-electron chi connectivity index (χ2n) is 5.02. The highest BCUT2D eigenvalue weighted by atomic mass is 16.3. The van der Waals surface area contributed by atoms with Crippen LogP contribution in [0.1, 0.15) is 33.6 Å². The average molecular weight is 214 g/mol. The maximum absolute atomic E-state index is 11.9. The molecule has 1 rings (SSSR count). The van der Waals surface area contributed by atoms with Crippen molar-refractivity contribution in [3.63, 3.8) is 0 Å². The van der Waals surface area contributed by atoms with Crippen molar-refractivity contribution in [2.45, 2.75) is 39.2 Å². The first-order chi connectivity index (χ1) is 6.90. The Balaban J connectivity index is 2.42. The fourth-order valence-electron chi connectivity index (χ4n) is 1.62. The summed E-state index contributed by atoms with van der Waals surface area (Å²) in [5.41, 5.74) is -1.10. The van der Waals surface area contributed by atoms with Gasteiger partial charge in [-0.2, -0.15) is 0 Å². The smallest absolute Gasteiger partial charge is 0.227 e. The first-order valence-corrected chi connectivity index (χ1v) is 5.61. The summed E-state index contributed by atoms with van der Waals surface area (Å²) in [6.07, 6.45) is 1.51. The Hall–Kier alpha value is -0.610. The molecule has 0 aromatic carbocycles. The summed E-state index contributed by atoms with van der Waals surface area (Å²) in [7, 11) is 0. The standard InChI is InChI=1S/C11H22N2O2/c1-4-11(3,15)8-13-9(14)10(2)5-6-12-7-10/h12,15H,4-8H2,1-3H3,(H,13,14). The van der Waals surface area contributed by atoms with Crippen LogP contribution in [0.3, 0.4) is 0 Å². The molecule has 0 aromatic heterocycles. The third kappa shape index (κ3) is 3.18. The molecule has 0 aliphatic carbocycles. The maximum Gasteiger partial charge on any atom is 0.227 e. The number of amides is 1. The van der Waals surface area contributed by atoms with Gasteiger partial charge in [-0.15, -0.1) is 0 Å². The number of carbonyl (C=O) groups excluding carboxylic acids is 1. The molecule has 3 N–H and O–H groups in total. The Morgan fingerprint density at radius 2 is 2.33 bits per heavy atom. The Kier molecular flexibility index (Phi) is 3.73. The van der Waals surface area contributed by atoms with E-state index in [1.165, 1.54) is 0 Å². The number of rotatable bonds is 4. The van der Waals surface area contributed by atoms with Crippen molar-refractivity contribution >= 4 is 5.91 Å². The van der Waals surface area contributed by atoms with Gasteiger partial charge in [0, 0.05) is 13.1 Å². The molecule has 0 saturated carbocycles. The van der Waals surface area contributed by atoms with E-state index in [0.29, 0.717) is 13.0 Å². The minimum atomic E-state index is -0.794. The summed E-state index contributed by atoms with van der Waals surface area (Å²) in [5, 5.41) is 15.8. The molecular formula is C11H22N2O2. The average Bonchev–Trinajstić information content (AvgIpc) is 2.63. The highest BCUT2D eigenvalue weighted by molar-refractivity contribution is 5.82. The molecule has 1 saturated heterocycles. The van der Waals surface area contributed by atoms with Gasteiger partial charge in [-0.3, -0.25) is 4.79 Å². The van der Waals surface area contributed by atoms with Crippen LogP contribution in [0.4, 0.5) is 0 Å². The summed E-state index contributed by atoms with van der Waals surface area (Å²) < 4.78 is 0. The zero-order valence-corrected chi connectivity index (χ0v) is 9.89. The van der Waals surface area contributed by atoms with Crippen molar-refractivity contribution in [2.75, 3.05) is 19.6 Å². The zero-order valence-electron chi connectivity index (χ0n) is 9.89. The lowest BCUT2D eigenvalue weighted by Gasteiger charge is -2.26. The topological polar surface area (TPSA) is 61.4 Å². The third-order valence-corrected chi connectivity index (χ3v) is 3.31. The molecule has 4 heteroatoms.